The van der Waals surface area contributed by atoms with E-state index in [-0.39, 0.29) is 0 Å². The van der Waals surface area contributed by atoms with Crippen molar-refractivity contribution in [3.05, 3.63) is 0 Å². The molecule has 0 aromatic heterocycles. The average Bonchev–Trinajstić information content (AvgIpc) is 1.66. The van der Waals surface area contributed by atoms with Crippen molar-refractivity contribution in [2.75, 3.05) is 14.1 Å². The SMILES string of the molecule is C=NN=CNN(C)C. The number of hydrogen-bond acceptors (Lipinski definition) is 3. The molecule has 0 aromatic rings. The first-order valence-corrected chi connectivity index (χ1v) is 2.18. The molecule has 0 aromatic carbocycles. The van der Waals surface area contributed by atoms with Crippen LogP contribution in [0.25, 0.3) is 0 Å². The second kappa shape index (κ2) is 4.26. The fraction of sp³-hybridized carbons (Fsp3) is 0.500. The minimum Gasteiger partial charge on any atom is -0.308 e. The van der Waals surface area contributed by atoms with Gasteiger partial charge in [-0.3, -0.25) is 0 Å². The van der Waals surface area contributed by atoms with E-state index in [2.05, 4.69) is 22.3 Å². The maximum atomic E-state index is 3.45. The van der Waals surface area contributed by atoms with Crippen molar-refractivity contribution in [1.82, 2.24) is 10.4 Å². The second-order valence-corrected chi connectivity index (χ2v) is 1.41. The predicted molar refractivity (Wildman–Crippen MR) is 34.9 cm³/mol. The lowest BCUT2D eigenvalue weighted by atomic mass is 11.1. The summed E-state index contributed by atoms with van der Waals surface area (Å²) in [6, 6.07) is 0. The minimum atomic E-state index is 1.45. The third-order valence-electron chi connectivity index (χ3n) is 0.455. The van der Waals surface area contributed by atoms with E-state index in [1.807, 2.05) is 14.1 Å². The van der Waals surface area contributed by atoms with Crippen molar-refractivity contribution in [2.24, 2.45) is 10.2 Å². The normalized spacial score (nSPS) is 10.4. The number of nitrogens with one attached hydrogen (secondary N) is 1. The number of hydrogen-bond donors (Lipinski definition) is 1. The molecule has 0 unspecified atom stereocenters. The lowest BCUT2D eigenvalue weighted by Crippen LogP contribution is -2.28. The van der Waals surface area contributed by atoms with Gasteiger partial charge in [0.2, 0.25) is 0 Å². The van der Waals surface area contributed by atoms with Crippen molar-refractivity contribution < 1.29 is 0 Å². The van der Waals surface area contributed by atoms with Gasteiger partial charge in [0.05, 0.1) is 0 Å². The molecule has 0 aliphatic carbocycles. The summed E-state index contributed by atoms with van der Waals surface area (Å²) in [6.45, 7) is 3.15. The number of rotatable bonds is 3. The molecular formula is C4H10N4. The Labute approximate surface area is 48.9 Å². The topological polar surface area (TPSA) is 40.0 Å². The molecule has 0 spiro atoms. The van der Waals surface area contributed by atoms with Crippen LogP contribution in [0.2, 0.25) is 0 Å². The summed E-state index contributed by atoms with van der Waals surface area (Å²) < 4.78 is 0. The van der Waals surface area contributed by atoms with E-state index in [1.54, 1.807) is 5.01 Å². The Kier molecular flexibility index (Phi) is 3.78. The van der Waals surface area contributed by atoms with Crippen molar-refractivity contribution >= 4 is 13.1 Å². The molecule has 0 bridgehead atoms. The first-order valence-electron chi connectivity index (χ1n) is 2.18. The fourth-order valence-electron chi connectivity index (χ4n) is 0.182. The van der Waals surface area contributed by atoms with E-state index in [0.29, 0.717) is 0 Å². The first kappa shape index (κ1) is 7.10. The molecule has 1 N–H and O–H groups in total. The minimum absolute atomic E-state index is 1.45. The quantitative estimate of drug-likeness (QED) is 0.311. The molecule has 0 aliphatic rings. The summed E-state index contributed by atoms with van der Waals surface area (Å²) in [5, 5.41) is 8.43. The summed E-state index contributed by atoms with van der Waals surface area (Å²) in [6.07, 6.45) is 1.45. The highest BCUT2D eigenvalue weighted by molar-refractivity contribution is 5.53. The Bertz CT molecular complexity index is 86.0. The molecule has 0 fully saturated rings. The molecule has 8 heavy (non-hydrogen) atoms. The van der Waals surface area contributed by atoms with Crippen LogP contribution in [0.3, 0.4) is 0 Å². The second-order valence-electron chi connectivity index (χ2n) is 1.41. The average molecular weight is 114 g/mol. The Balaban J connectivity index is 3.15. The number of nitrogens with zero attached hydrogens (tertiary/aromatic N) is 3. The fourth-order valence-corrected chi connectivity index (χ4v) is 0.182. The van der Waals surface area contributed by atoms with Gasteiger partial charge in [-0.25, -0.2) is 5.01 Å². The molecular weight excluding hydrogens is 104 g/mol. The van der Waals surface area contributed by atoms with Crippen LogP contribution in [0.5, 0.6) is 0 Å². The molecule has 0 atom stereocenters. The smallest absolute Gasteiger partial charge is 0.125 e. The molecule has 0 radical (unpaired) electrons. The van der Waals surface area contributed by atoms with E-state index < -0.39 is 0 Å². The predicted octanol–water partition coefficient (Wildman–Crippen LogP) is -0.304. The Morgan fingerprint density at radius 2 is 2.25 bits per heavy atom. The first-order chi connectivity index (χ1) is 3.77. The highest BCUT2D eigenvalue weighted by Gasteiger charge is 1.74. The highest BCUT2D eigenvalue weighted by atomic mass is 15.5. The van der Waals surface area contributed by atoms with E-state index in [9.17, 15) is 0 Å². The molecule has 0 saturated heterocycles. The van der Waals surface area contributed by atoms with Gasteiger partial charge < -0.3 is 5.43 Å². The number of hydrazine groups is 1. The maximum Gasteiger partial charge on any atom is 0.125 e. The summed E-state index contributed by atoms with van der Waals surface area (Å²) in [7, 11) is 3.71. The van der Waals surface area contributed by atoms with Crippen molar-refractivity contribution in [1.29, 1.82) is 0 Å². The highest BCUT2D eigenvalue weighted by Crippen LogP contribution is 1.60. The standard InChI is InChI=1S/C4H10N4/c1-5-6-4-7-8(2)3/h4H,1H2,2-3H3,(H,6,7). The lowest BCUT2D eigenvalue weighted by Gasteiger charge is -2.05. The van der Waals surface area contributed by atoms with Gasteiger partial charge in [-0.1, -0.05) is 0 Å². The van der Waals surface area contributed by atoms with Crippen LogP contribution in [0, 0.1) is 0 Å². The van der Waals surface area contributed by atoms with E-state index >= 15 is 0 Å². The Morgan fingerprint density at radius 1 is 1.62 bits per heavy atom. The molecule has 0 saturated carbocycles. The van der Waals surface area contributed by atoms with Gasteiger partial charge in [0.25, 0.3) is 0 Å². The van der Waals surface area contributed by atoms with Crippen molar-refractivity contribution in [2.45, 2.75) is 0 Å². The molecule has 4 heteroatoms. The third kappa shape index (κ3) is 5.10. The van der Waals surface area contributed by atoms with Gasteiger partial charge in [0.15, 0.2) is 0 Å². The summed E-state index contributed by atoms with van der Waals surface area (Å²) in [5.74, 6) is 0. The largest absolute Gasteiger partial charge is 0.308 e. The van der Waals surface area contributed by atoms with Gasteiger partial charge in [0.1, 0.15) is 6.34 Å². The van der Waals surface area contributed by atoms with Gasteiger partial charge in [-0.2, -0.15) is 5.10 Å². The van der Waals surface area contributed by atoms with Gasteiger partial charge >= 0.3 is 0 Å². The van der Waals surface area contributed by atoms with Crippen LogP contribution in [0.15, 0.2) is 10.2 Å². The van der Waals surface area contributed by atoms with Gasteiger partial charge in [0, 0.05) is 20.8 Å². The molecule has 0 amide bonds. The zero-order valence-electron chi connectivity index (χ0n) is 5.13. The zero-order valence-corrected chi connectivity index (χ0v) is 5.13. The lowest BCUT2D eigenvalue weighted by molar-refractivity contribution is 0.367. The van der Waals surface area contributed by atoms with Crippen LogP contribution in [0.1, 0.15) is 0 Å². The van der Waals surface area contributed by atoms with E-state index in [0.717, 1.165) is 0 Å². The summed E-state index contributed by atoms with van der Waals surface area (Å²) >= 11 is 0. The monoisotopic (exact) mass is 114 g/mol. The third-order valence-corrected chi connectivity index (χ3v) is 0.455. The van der Waals surface area contributed by atoms with Crippen LogP contribution in [0.4, 0.5) is 0 Å². The van der Waals surface area contributed by atoms with Gasteiger partial charge in [-0.05, 0) is 0 Å². The maximum absolute atomic E-state index is 3.45. The molecule has 4 nitrogen and oxygen atoms in total. The van der Waals surface area contributed by atoms with Crippen LogP contribution in [-0.2, 0) is 0 Å². The summed E-state index contributed by atoms with van der Waals surface area (Å²) in [5.41, 5.74) is 2.75. The van der Waals surface area contributed by atoms with Crippen molar-refractivity contribution in [3.8, 4) is 0 Å². The van der Waals surface area contributed by atoms with E-state index in [4.69, 9.17) is 0 Å². The Morgan fingerprint density at radius 3 is 2.62 bits per heavy atom. The molecule has 46 valence electrons. The molecule has 0 aliphatic heterocycles. The Hall–Kier alpha value is -0.900. The van der Waals surface area contributed by atoms with Crippen LogP contribution >= 0.6 is 0 Å². The molecule has 0 heterocycles. The van der Waals surface area contributed by atoms with Crippen molar-refractivity contribution in [3.63, 3.8) is 0 Å². The van der Waals surface area contributed by atoms with Crippen LogP contribution < -0.4 is 5.43 Å². The summed E-state index contributed by atoms with van der Waals surface area (Å²) in [4.78, 5) is 0. The van der Waals surface area contributed by atoms with E-state index in [1.165, 1.54) is 6.34 Å². The molecule has 0 rings (SSSR count). The van der Waals surface area contributed by atoms with Crippen LogP contribution in [-0.4, -0.2) is 32.2 Å². The zero-order chi connectivity index (χ0) is 6.41. The van der Waals surface area contributed by atoms with Gasteiger partial charge in [-0.15, -0.1) is 5.10 Å².